The maximum atomic E-state index is 12.5. The Morgan fingerprint density at radius 1 is 1.47 bits per heavy atom. The molecular formula is C10H16ClN3O2S. The molecule has 5 nitrogen and oxygen atoms in total. The van der Waals surface area contributed by atoms with E-state index in [4.69, 9.17) is 11.6 Å². The molecule has 1 aromatic rings. The number of sulfonamides is 1. The van der Waals surface area contributed by atoms with Crippen molar-refractivity contribution in [3.05, 3.63) is 11.4 Å². The minimum Gasteiger partial charge on any atom is -0.281 e. The summed E-state index contributed by atoms with van der Waals surface area (Å²) in [6.45, 7) is 3.78. The molecule has 1 heterocycles. The topological polar surface area (TPSA) is 66.1 Å². The predicted molar refractivity (Wildman–Crippen MR) is 65.7 cm³/mol. The molecule has 1 aliphatic carbocycles. The van der Waals surface area contributed by atoms with E-state index in [9.17, 15) is 8.42 Å². The lowest BCUT2D eigenvalue weighted by Crippen LogP contribution is -2.35. The fourth-order valence-electron chi connectivity index (χ4n) is 1.98. The molecule has 1 aliphatic rings. The van der Waals surface area contributed by atoms with Crippen molar-refractivity contribution in [1.82, 2.24) is 14.5 Å². The third kappa shape index (κ3) is 2.34. The average molecular weight is 278 g/mol. The first-order chi connectivity index (χ1) is 7.98. The molecule has 7 heteroatoms. The number of aryl methyl sites for hydroxylation is 2. The van der Waals surface area contributed by atoms with Gasteiger partial charge in [-0.1, -0.05) is 0 Å². The molecule has 96 valence electrons. The highest BCUT2D eigenvalue weighted by Gasteiger charge is 2.39. The van der Waals surface area contributed by atoms with Crippen molar-refractivity contribution in [2.45, 2.75) is 37.6 Å². The number of nitrogens with zero attached hydrogens (tertiary/aromatic N) is 2. The summed E-state index contributed by atoms with van der Waals surface area (Å²) >= 11 is 5.69. The van der Waals surface area contributed by atoms with Gasteiger partial charge in [-0.15, -0.1) is 11.6 Å². The Morgan fingerprint density at radius 3 is 2.53 bits per heavy atom. The molecule has 0 aliphatic heterocycles. The Morgan fingerprint density at radius 2 is 2.12 bits per heavy atom. The van der Waals surface area contributed by atoms with Gasteiger partial charge in [-0.2, -0.15) is 9.40 Å². The zero-order valence-electron chi connectivity index (χ0n) is 9.90. The fourth-order valence-corrected chi connectivity index (χ4v) is 4.29. The number of hydrogen-bond acceptors (Lipinski definition) is 3. The van der Waals surface area contributed by atoms with Gasteiger partial charge in [0.15, 0.2) is 0 Å². The van der Waals surface area contributed by atoms with Crippen LogP contribution in [0.2, 0.25) is 0 Å². The largest absolute Gasteiger partial charge is 0.281 e. The van der Waals surface area contributed by atoms with Crippen molar-refractivity contribution in [2.75, 3.05) is 12.4 Å². The Bertz CT molecular complexity index is 488. The second-order valence-electron chi connectivity index (χ2n) is 4.30. The van der Waals surface area contributed by atoms with Crippen LogP contribution >= 0.6 is 11.6 Å². The van der Waals surface area contributed by atoms with Crippen molar-refractivity contribution in [2.24, 2.45) is 0 Å². The van der Waals surface area contributed by atoms with Gasteiger partial charge in [0.25, 0.3) is 0 Å². The molecule has 1 saturated carbocycles. The van der Waals surface area contributed by atoms with Crippen molar-refractivity contribution >= 4 is 21.6 Å². The van der Waals surface area contributed by atoms with Gasteiger partial charge in [-0.3, -0.25) is 5.10 Å². The van der Waals surface area contributed by atoms with Crippen LogP contribution < -0.4 is 0 Å². The smallest absolute Gasteiger partial charge is 0.247 e. The molecule has 0 unspecified atom stereocenters. The fraction of sp³-hybridized carbons (Fsp3) is 0.700. The van der Waals surface area contributed by atoms with Crippen LogP contribution in [0.1, 0.15) is 24.2 Å². The van der Waals surface area contributed by atoms with Crippen molar-refractivity contribution < 1.29 is 8.42 Å². The van der Waals surface area contributed by atoms with Crippen LogP contribution in [0, 0.1) is 13.8 Å². The number of nitrogens with one attached hydrogen (secondary N) is 1. The SMILES string of the molecule is Cc1n[nH]c(C)c1S(=O)(=O)N(CCCl)C1CC1. The van der Waals surface area contributed by atoms with Gasteiger partial charge >= 0.3 is 0 Å². The predicted octanol–water partition coefficient (Wildman–Crippen LogP) is 1.42. The summed E-state index contributed by atoms with van der Waals surface area (Å²) < 4.78 is 26.5. The van der Waals surface area contributed by atoms with Gasteiger partial charge in [0.1, 0.15) is 4.90 Å². The second kappa shape index (κ2) is 4.59. The normalized spacial score (nSPS) is 16.7. The van der Waals surface area contributed by atoms with E-state index in [-0.39, 0.29) is 6.04 Å². The summed E-state index contributed by atoms with van der Waals surface area (Å²) in [4.78, 5) is 0.300. The maximum absolute atomic E-state index is 12.5. The molecule has 0 amide bonds. The third-order valence-electron chi connectivity index (χ3n) is 2.89. The van der Waals surface area contributed by atoms with E-state index in [1.807, 2.05) is 0 Å². The molecule has 1 fully saturated rings. The van der Waals surface area contributed by atoms with Crippen LogP contribution in [-0.4, -0.2) is 41.4 Å². The number of H-pyrrole nitrogens is 1. The Hall–Kier alpha value is -0.590. The van der Waals surface area contributed by atoms with Gasteiger partial charge in [0, 0.05) is 18.5 Å². The van der Waals surface area contributed by atoms with Gasteiger partial charge < -0.3 is 0 Å². The van der Waals surface area contributed by atoms with Crippen molar-refractivity contribution in [1.29, 1.82) is 0 Å². The minimum absolute atomic E-state index is 0.118. The van der Waals surface area contributed by atoms with E-state index in [1.54, 1.807) is 13.8 Å². The number of hydrogen-bond donors (Lipinski definition) is 1. The van der Waals surface area contributed by atoms with E-state index >= 15 is 0 Å². The molecule has 2 rings (SSSR count). The van der Waals surface area contributed by atoms with Gasteiger partial charge in [0.05, 0.1) is 11.4 Å². The quantitative estimate of drug-likeness (QED) is 0.828. The zero-order valence-corrected chi connectivity index (χ0v) is 11.5. The molecule has 0 saturated heterocycles. The first-order valence-electron chi connectivity index (χ1n) is 5.58. The zero-order chi connectivity index (χ0) is 12.6. The van der Waals surface area contributed by atoms with Crippen molar-refractivity contribution in [3.8, 4) is 0 Å². The van der Waals surface area contributed by atoms with E-state index < -0.39 is 10.0 Å². The van der Waals surface area contributed by atoms with Crippen LogP contribution in [0.15, 0.2) is 4.90 Å². The van der Waals surface area contributed by atoms with Crippen molar-refractivity contribution in [3.63, 3.8) is 0 Å². The highest BCUT2D eigenvalue weighted by Crippen LogP contribution is 2.33. The average Bonchev–Trinajstić information content (AvgIpc) is 3.01. The molecule has 17 heavy (non-hydrogen) atoms. The van der Waals surface area contributed by atoms with E-state index in [0.29, 0.717) is 28.7 Å². The standard InChI is InChI=1S/C10H16ClN3O2S/c1-7-10(8(2)13-12-7)17(15,16)14(6-5-11)9-3-4-9/h9H,3-6H2,1-2H3,(H,12,13). The van der Waals surface area contributed by atoms with Crippen LogP contribution in [0.5, 0.6) is 0 Å². The molecule has 0 aromatic carbocycles. The lowest BCUT2D eigenvalue weighted by molar-refractivity contribution is 0.422. The minimum atomic E-state index is -3.46. The number of rotatable bonds is 5. The Balaban J connectivity index is 2.40. The highest BCUT2D eigenvalue weighted by molar-refractivity contribution is 7.89. The molecule has 0 bridgehead atoms. The van der Waals surface area contributed by atoms with Crippen LogP contribution in [0.25, 0.3) is 0 Å². The summed E-state index contributed by atoms with van der Waals surface area (Å²) in [5, 5.41) is 6.65. The molecular weight excluding hydrogens is 262 g/mol. The Kier molecular flexibility index (Phi) is 3.47. The van der Waals surface area contributed by atoms with Gasteiger partial charge in [-0.25, -0.2) is 8.42 Å². The monoisotopic (exact) mass is 277 g/mol. The van der Waals surface area contributed by atoms with Crippen LogP contribution in [0.3, 0.4) is 0 Å². The molecule has 1 N–H and O–H groups in total. The molecule has 0 atom stereocenters. The lowest BCUT2D eigenvalue weighted by Gasteiger charge is -2.20. The van der Waals surface area contributed by atoms with Crippen LogP contribution in [0.4, 0.5) is 0 Å². The summed E-state index contributed by atoms with van der Waals surface area (Å²) in [7, 11) is -3.46. The van der Waals surface area contributed by atoms with E-state index in [2.05, 4.69) is 10.2 Å². The number of aromatic nitrogens is 2. The number of aromatic amines is 1. The Labute approximate surface area is 106 Å². The summed E-state index contributed by atoms with van der Waals surface area (Å²) in [6, 6.07) is 0.118. The molecule has 1 aromatic heterocycles. The van der Waals surface area contributed by atoms with Crippen LogP contribution in [-0.2, 0) is 10.0 Å². The highest BCUT2D eigenvalue weighted by atomic mass is 35.5. The third-order valence-corrected chi connectivity index (χ3v) is 5.27. The lowest BCUT2D eigenvalue weighted by atomic mass is 10.4. The van der Waals surface area contributed by atoms with Gasteiger partial charge in [-0.05, 0) is 26.7 Å². The van der Waals surface area contributed by atoms with E-state index in [0.717, 1.165) is 12.8 Å². The van der Waals surface area contributed by atoms with E-state index in [1.165, 1.54) is 4.31 Å². The summed E-state index contributed by atoms with van der Waals surface area (Å²) in [6.07, 6.45) is 1.85. The van der Waals surface area contributed by atoms with Gasteiger partial charge in [0.2, 0.25) is 10.0 Å². The number of alkyl halides is 1. The number of halogens is 1. The molecule has 0 radical (unpaired) electrons. The maximum Gasteiger partial charge on any atom is 0.247 e. The molecule has 0 spiro atoms. The summed E-state index contributed by atoms with van der Waals surface area (Å²) in [5.41, 5.74) is 1.10. The second-order valence-corrected chi connectivity index (χ2v) is 6.50. The first kappa shape index (κ1) is 12.9. The summed E-state index contributed by atoms with van der Waals surface area (Å²) in [5.74, 6) is 0.311. The first-order valence-corrected chi connectivity index (χ1v) is 7.55.